The van der Waals surface area contributed by atoms with Crippen molar-refractivity contribution in [2.45, 2.75) is 17.6 Å². The lowest BCUT2D eigenvalue weighted by Crippen LogP contribution is -2.37. The highest BCUT2D eigenvalue weighted by Crippen LogP contribution is 2.47. The van der Waals surface area contributed by atoms with Crippen molar-refractivity contribution in [1.29, 1.82) is 0 Å². The first-order valence-electron chi connectivity index (χ1n) is 6.48. The summed E-state index contributed by atoms with van der Waals surface area (Å²) in [5.41, 5.74) is 2.27. The van der Waals surface area contributed by atoms with Crippen LogP contribution in [0.2, 0.25) is 0 Å². The zero-order valence-corrected chi connectivity index (χ0v) is 12.5. The third-order valence-corrected chi connectivity index (χ3v) is 5.98. The van der Waals surface area contributed by atoms with E-state index in [0.717, 1.165) is 22.7 Å². The first-order valence-corrected chi connectivity index (χ1v) is 7.87. The van der Waals surface area contributed by atoms with E-state index in [-0.39, 0.29) is 4.75 Å². The van der Waals surface area contributed by atoms with E-state index in [1.807, 2.05) is 37.1 Å². The van der Waals surface area contributed by atoms with E-state index in [1.165, 1.54) is 17.4 Å². The SMILES string of the molecule is CNC(=S)C1(c2cnc3ccccc3c2)CCCS1. The summed E-state index contributed by atoms with van der Waals surface area (Å²) in [4.78, 5) is 5.51. The maximum atomic E-state index is 5.57. The van der Waals surface area contributed by atoms with E-state index in [9.17, 15) is 0 Å². The first-order chi connectivity index (χ1) is 9.26. The molecule has 1 fully saturated rings. The van der Waals surface area contributed by atoms with Crippen molar-refractivity contribution in [2.24, 2.45) is 0 Å². The molecule has 1 unspecified atom stereocenters. The Morgan fingerprint density at radius 3 is 3.00 bits per heavy atom. The highest BCUT2D eigenvalue weighted by molar-refractivity contribution is 8.02. The third kappa shape index (κ3) is 2.13. The van der Waals surface area contributed by atoms with Crippen molar-refractivity contribution in [3.8, 4) is 0 Å². The number of thiocarbonyl (C=S) groups is 1. The van der Waals surface area contributed by atoms with Gasteiger partial charge in [-0.3, -0.25) is 4.98 Å². The quantitative estimate of drug-likeness (QED) is 0.855. The summed E-state index contributed by atoms with van der Waals surface area (Å²) in [6, 6.07) is 10.5. The number of benzene rings is 1. The summed E-state index contributed by atoms with van der Waals surface area (Å²) < 4.78 is -0.0822. The second-order valence-electron chi connectivity index (χ2n) is 4.77. The molecule has 1 saturated heterocycles. The van der Waals surface area contributed by atoms with Gasteiger partial charge < -0.3 is 5.32 Å². The molecule has 1 aromatic carbocycles. The van der Waals surface area contributed by atoms with Crippen LogP contribution in [0.1, 0.15) is 18.4 Å². The number of likely N-dealkylation sites (N-methyl/N-ethyl adjacent to an activating group) is 1. The fourth-order valence-electron chi connectivity index (χ4n) is 2.67. The van der Waals surface area contributed by atoms with Gasteiger partial charge in [0.05, 0.1) is 15.3 Å². The minimum Gasteiger partial charge on any atom is -0.381 e. The lowest BCUT2D eigenvalue weighted by molar-refractivity contribution is 0.730. The van der Waals surface area contributed by atoms with Crippen LogP contribution in [0.5, 0.6) is 0 Å². The molecule has 0 radical (unpaired) electrons. The van der Waals surface area contributed by atoms with Crippen LogP contribution in [0.25, 0.3) is 10.9 Å². The summed E-state index contributed by atoms with van der Waals surface area (Å²) in [5, 5.41) is 4.36. The standard InChI is InChI=1S/C15H16N2S2/c1-16-14(18)15(7-4-8-19-15)12-9-11-5-2-3-6-13(11)17-10-12/h2-3,5-6,9-10H,4,7-8H2,1H3,(H,16,18). The molecule has 4 heteroatoms. The molecule has 0 saturated carbocycles. The number of nitrogens with zero attached hydrogens (tertiary/aromatic N) is 1. The largest absolute Gasteiger partial charge is 0.381 e. The molecule has 1 N–H and O–H groups in total. The Morgan fingerprint density at radius 2 is 2.26 bits per heavy atom. The fraction of sp³-hybridized carbons (Fsp3) is 0.333. The molecule has 1 atom stereocenters. The molecule has 1 aromatic heterocycles. The van der Waals surface area contributed by atoms with Gasteiger partial charge in [0.15, 0.2) is 0 Å². The van der Waals surface area contributed by atoms with Gasteiger partial charge in [0.2, 0.25) is 0 Å². The number of rotatable bonds is 2. The summed E-state index contributed by atoms with van der Waals surface area (Å²) in [6.45, 7) is 0. The van der Waals surface area contributed by atoms with Crippen molar-refractivity contribution >= 4 is 39.9 Å². The summed E-state index contributed by atoms with van der Waals surface area (Å²) in [7, 11) is 1.91. The van der Waals surface area contributed by atoms with Crippen molar-refractivity contribution in [2.75, 3.05) is 12.8 Å². The minimum absolute atomic E-state index is 0.0822. The molecule has 0 bridgehead atoms. The number of thioether (sulfide) groups is 1. The summed E-state index contributed by atoms with van der Waals surface area (Å²) in [5.74, 6) is 1.16. The average molecular weight is 288 g/mol. The van der Waals surface area contributed by atoms with Crippen LogP contribution in [0.15, 0.2) is 36.5 Å². The maximum Gasteiger partial charge on any atom is 0.0960 e. The molecule has 98 valence electrons. The van der Waals surface area contributed by atoms with Gasteiger partial charge in [-0.25, -0.2) is 0 Å². The van der Waals surface area contributed by atoms with Gasteiger partial charge >= 0.3 is 0 Å². The molecular formula is C15H16N2S2. The van der Waals surface area contributed by atoms with E-state index >= 15 is 0 Å². The summed E-state index contributed by atoms with van der Waals surface area (Å²) >= 11 is 7.51. The lowest BCUT2D eigenvalue weighted by Gasteiger charge is -2.29. The minimum atomic E-state index is -0.0822. The highest BCUT2D eigenvalue weighted by Gasteiger charge is 2.40. The van der Waals surface area contributed by atoms with Gasteiger partial charge in [-0.15, -0.1) is 11.8 Å². The van der Waals surface area contributed by atoms with Crippen molar-refractivity contribution < 1.29 is 0 Å². The molecule has 19 heavy (non-hydrogen) atoms. The predicted molar refractivity (Wildman–Crippen MR) is 86.8 cm³/mol. The Labute approximate surface area is 123 Å². The molecular weight excluding hydrogens is 272 g/mol. The van der Waals surface area contributed by atoms with Crippen LogP contribution in [-0.2, 0) is 4.75 Å². The van der Waals surface area contributed by atoms with Crippen molar-refractivity contribution in [3.63, 3.8) is 0 Å². The van der Waals surface area contributed by atoms with Crippen LogP contribution >= 0.6 is 24.0 Å². The molecule has 3 rings (SSSR count). The van der Waals surface area contributed by atoms with Crippen LogP contribution in [0, 0.1) is 0 Å². The molecule has 0 amide bonds. The van der Waals surface area contributed by atoms with Crippen molar-refractivity contribution in [1.82, 2.24) is 10.3 Å². The molecule has 2 heterocycles. The van der Waals surface area contributed by atoms with Crippen LogP contribution < -0.4 is 5.32 Å². The van der Waals surface area contributed by atoms with E-state index in [4.69, 9.17) is 12.2 Å². The Bertz CT molecular complexity index is 618. The Morgan fingerprint density at radius 1 is 1.42 bits per heavy atom. The van der Waals surface area contributed by atoms with Crippen molar-refractivity contribution in [3.05, 3.63) is 42.1 Å². The topological polar surface area (TPSA) is 24.9 Å². The number of pyridine rings is 1. The normalized spacial score (nSPS) is 22.6. The van der Waals surface area contributed by atoms with Gasteiger partial charge in [0.1, 0.15) is 0 Å². The Kier molecular flexibility index (Phi) is 3.46. The van der Waals surface area contributed by atoms with Crippen LogP contribution in [0.4, 0.5) is 0 Å². The van der Waals surface area contributed by atoms with Crippen LogP contribution in [0.3, 0.4) is 0 Å². The van der Waals surface area contributed by atoms with Gasteiger partial charge in [-0.1, -0.05) is 30.4 Å². The monoisotopic (exact) mass is 288 g/mol. The number of fused-ring (bicyclic) bond motifs is 1. The van der Waals surface area contributed by atoms with Gasteiger partial charge in [-0.2, -0.15) is 0 Å². The molecule has 1 aliphatic rings. The second-order valence-corrected chi connectivity index (χ2v) is 6.58. The van der Waals surface area contributed by atoms with E-state index in [0.29, 0.717) is 0 Å². The highest BCUT2D eigenvalue weighted by atomic mass is 32.2. The molecule has 1 aliphatic heterocycles. The fourth-order valence-corrected chi connectivity index (χ4v) is 4.51. The van der Waals surface area contributed by atoms with E-state index < -0.39 is 0 Å². The smallest absolute Gasteiger partial charge is 0.0960 e. The summed E-state index contributed by atoms with van der Waals surface area (Å²) in [6.07, 6.45) is 4.29. The number of para-hydroxylation sites is 1. The van der Waals surface area contributed by atoms with Gasteiger partial charge in [-0.05, 0) is 36.3 Å². The first kappa shape index (κ1) is 12.9. The van der Waals surface area contributed by atoms with Gasteiger partial charge in [0.25, 0.3) is 0 Å². The number of hydrogen-bond acceptors (Lipinski definition) is 3. The molecule has 2 nitrogen and oxygen atoms in total. The zero-order valence-electron chi connectivity index (χ0n) is 10.8. The lowest BCUT2D eigenvalue weighted by atomic mass is 9.93. The molecule has 0 spiro atoms. The average Bonchev–Trinajstić information content (AvgIpc) is 2.96. The number of aromatic nitrogens is 1. The Balaban J connectivity index is 2.13. The number of hydrogen-bond donors (Lipinski definition) is 1. The van der Waals surface area contributed by atoms with Crippen LogP contribution in [-0.4, -0.2) is 22.8 Å². The molecule has 0 aliphatic carbocycles. The predicted octanol–water partition coefficient (Wildman–Crippen LogP) is 3.50. The second kappa shape index (κ2) is 5.10. The third-order valence-electron chi connectivity index (χ3n) is 3.67. The van der Waals surface area contributed by atoms with E-state index in [2.05, 4.69) is 28.5 Å². The Hall–Kier alpha value is -1.13. The van der Waals surface area contributed by atoms with E-state index in [1.54, 1.807) is 0 Å². The maximum absolute atomic E-state index is 5.57. The molecule has 2 aromatic rings. The van der Waals surface area contributed by atoms with Gasteiger partial charge in [0, 0.05) is 18.6 Å². The number of nitrogens with one attached hydrogen (secondary N) is 1. The zero-order chi connectivity index (χ0) is 13.3.